The maximum atomic E-state index is 2.29. The van der Waals surface area contributed by atoms with Crippen LogP contribution in [0.25, 0.3) is 11.1 Å². The summed E-state index contributed by atoms with van der Waals surface area (Å²) in [5.41, 5.74) is 11.4. The molecular formula is C22H20. The fourth-order valence-corrected chi connectivity index (χ4v) is 3.96. The van der Waals surface area contributed by atoms with E-state index >= 15 is 0 Å². The Morgan fingerprint density at radius 1 is 0.545 bits per heavy atom. The van der Waals surface area contributed by atoms with E-state index in [1.54, 1.807) is 0 Å². The standard InChI is InChI=1S/C22H20/c1-14-8-4-5-11-17(14)22-20-15(2)9-6-12-18(20)19-13-7-10-16(3)21(19)22/h4-13,22H,1-3H3. The minimum Gasteiger partial charge on any atom is -0.0620 e. The summed E-state index contributed by atoms with van der Waals surface area (Å²) < 4.78 is 0. The molecule has 0 amide bonds. The second-order valence-corrected chi connectivity index (χ2v) is 6.36. The van der Waals surface area contributed by atoms with Crippen LogP contribution in [0.15, 0.2) is 60.7 Å². The first-order chi connectivity index (χ1) is 10.7. The monoisotopic (exact) mass is 284 g/mol. The van der Waals surface area contributed by atoms with Gasteiger partial charge in [0, 0.05) is 5.92 Å². The van der Waals surface area contributed by atoms with E-state index in [9.17, 15) is 0 Å². The third-order valence-corrected chi connectivity index (χ3v) is 5.02. The van der Waals surface area contributed by atoms with Gasteiger partial charge in [0.2, 0.25) is 0 Å². The van der Waals surface area contributed by atoms with Crippen LogP contribution in [0, 0.1) is 20.8 Å². The normalized spacial score (nSPS) is 13.0. The van der Waals surface area contributed by atoms with Crippen LogP contribution in [-0.4, -0.2) is 0 Å². The van der Waals surface area contributed by atoms with Gasteiger partial charge in [-0.1, -0.05) is 60.7 Å². The van der Waals surface area contributed by atoms with E-state index in [1.807, 2.05) is 0 Å². The Morgan fingerprint density at radius 2 is 1.05 bits per heavy atom. The average molecular weight is 284 g/mol. The van der Waals surface area contributed by atoms with Crippen LogP contribution in [0.1, 0.15) is 39.3 Å². The van der Waals surface area contributed by atoms with E-state index in [-0.39, 0.29) is 0 Å². The maximum absolute atomic E-state index is 2.29. The zero-order valence-electron chi connectivity index (χ0n) is 13.4. The highest BCUT2D eigenvalue weighted by atomic mass is 14.4. The van der Waals surface area contributed by atoms with Crippen molar-refractivity contribution in [1.29, 1.82) is 0 Å². The van der Waals surface area contributed by atoms with Gasteiger partial charge in [-0.3, -0.25) is 0 Å². The molecule has 1 aliphatic rings. The van der Waals surface area contributed by atoms with E-state index in [0.29, 0.717) is 5.92 Å². The third kappa shape index (κ3) is 1.77. The van der Waals surface area contributed by atoms with Gasteiger partial charge in [0.15, 0.2) is 0 Å². The molecule has 0 spiro atoms. The van der Waals surface area contributed by atoms with E-state index in [0.717, 1.165) is 0 Å². The summed E-state index contributed by atoms with van der Waals surface area (Å²) in [5, 5.41) is 0. The number of fused-ring (bicyclic) bond motifs is 3. The van der Waals surface area contributed by atoms with Gasteiger partial charge in [0.05, 0.1) is 0 Å². The Labute approximate surface area is 132 Å². The molecule has 0 fully saturated rings. The van der Waals surface area contributed by atoms with E-state index < -0.39 is 0 Å². The van der Waals surface area contributed by atoms with Crippen molar-refractivity contribution < 1.29 is 0 Å². The molecule has 0 atom stereocenters. The number of hydrogen-bond acceptors (Lipinski definition) is 0. The maximum Gasteiger partial charge on any atom is 0.0360 e. The molecule has 0 N–H and O–H groups in total. The summed E-state index contributed by atoms with van der Waals surface area (Å²) in [6.45, 7) is 6.71. The van der Waals surface area contributed by atoms with Crippen LogP contribution in [0.2, 0.25) is 0 Å². The molecule has 3 aromatic carbocycles. The Kier molecular flexibility index (Phi) is 2.94. The Hall–Kier alpha value is -2.34. The summed E-state index contributed by atoms with van der Waals surface area (Å²) in [6.07, 6.45) is 0. The molecule has 0 aromatic heterocycles. The molecule has 0 radical (unpaired) electrons. The topological polar surface area (TPSA) is 0 Å². The second-order valence-electron chi connectivity index (χ2n) is 6.36. The van der Waals surface area contributed by atoms with Gasteiger partial charge < -0.3 is 0 Å². The first-order valence-electron chi connectivity index (χ1n) is 7.93. The molecule has 0 bridgehead atoms. The minimum absolute atomic E-state index is 0.369. The number of rotatable bonds is 1. The lowest BCUT2D eigenvalue weighted by atomic mass is 9.83. The van der Waals surface area contributed by atoms with Crippen molar-refractivity contribution in [2.45, 2.75) is 26.7 Å². The molecule has 0 unspecified atom stereocenters. The van der Waals surface area contributed by atoms with Gasteiger partial charge in [-0.25, -0.2) is 0 Å². The average Bonchev–Trinajstić information content (AvgIpc) is 2.85. The smallest absolute Gasteiger partial charge is 0.0360 e. The predicted octanol–water partition coefficient (Wildman–Crippen LogP) is 5.77. The molecule has 0 saturated heterocycles. The largest absolute Gasteiger partial charge is 0.0620 e. The third-order valence-electron chi connectivity index (χ3n) is 5.02. The van der Waals surface area contributed by atoms with Crippen LogP contribution in [-0.2, 0) is 0 Å². The fourth-order valence-electron chi connectivity index (χ4n) is 3.96. The molecule has 108 valence electrons. The van der Waals surface area contributed by atoms with Crippen molar-refractivity contribution in [2.75, 3.05) is 0 Å². The summed E-state index contributed by atoms with van der Waals surface area (Å²) in [5.74, 6) is 0.369. The molecule has 22 heavy (non-hydrogen) atoms. The minimum atomic E-state index is 0.369. The van der Waals surface area contributed by atoms with E-state index in [1.165, 1.54) is 44.5 Å². The van der Waals surface area contributed by atoms with E-state index in [4.69, 9.17) is 0 Å². The van der Waals surface area contributed by atoms with Crippen LogP contribution >= 0.6 is 0 Å². The summed E-state index contributed by atoms with van der Waals surface area (Å²) >= 11 is 0. The zero-order chi connectivity index (χ0) is 15.3. The summed E-state index contributed by atoms with van der Waals surface area (Å²) in [7, 11) is 0. The zero-order valence-corrected chi connectivity index (χ0v) is 13.4. The quantitative estimate of drug-likeness (QED) is 0.416. The Balaban J connectivity index is 2.10. The van der Waals surface area contributed by atoms with Crippen molar-refractivity contribution >= 4 is 0 Å². The van der Waals surface area contributed by atoms with Crippen molar-refractivity contribution in [3.63, 3.8) is 0 Å². The SMILES string of the molecule is Cc1ccccc1C1c2c(C)cccc2-c2cccc(C)c21. The van der Waals surface area contributed by atoms with Crippen LogP contribution < -0.4 is 0 Å². The van der Waals surface area contributed by atoms with Gasteiger partial charge >= 0.3 is 0 Å². The first kappa shape index (κ1) is 13.3. The Morgan fingerprint density at radius 3 is 1.59 bits per heavy atom. The van der Waals surface area contributed by atoms with Gasteiger partial charge in [-0.15, -0.1) is 0 Å². The number of benzene rings is 3. The fraction of sp³-hybridized carbons (Fsp3) is 0.182. The van der Waals surface area contributed by atoms with Crippen molar-refractivity contribution in [1.82, 2.24) is 0 Å². The first-order valence-corrected chi connectivity index (χ1v) is 7.93. The molecule has 4 rings (SSSR count). The molecule has 0 saturated carbocycles. The van der Waals surface area contributed by atoms with Crippen molar-refractivity contribution in [3.8, 4) is 11.1 Å². The number of hydrogen-bond donors (Lipinski definition) is 0. The lowest BCUT2D eigenvalue weighted by Crippen LogP contribution is -2.04. The lowest BCUT2D eigenvalue weighted by molar-refractivity contribution is 0.971. The summed E-state index contributed by atoms with van der Waals surface area (Å²) in [4.78, 5) is 0. The van der Waals surface area contributed by atoms with Gasteiger partial charge in [-0.05, 0) is 65.3 Å². The molecule has 0 aliphatic heterocycles. The van der Waals surface area contributed by atoms with Crippen LogP contribution in [0.3, 0.4) is 0 Å². The second kappa shape index (κ2) is 4.84. The van der Waals surface area contributed by atoms with Crippen molar-refractivity contribution in [2.24, 2.45) is 0 Å². The molecule has 0 nitrogen and oxygen atoms in total. The molecule has 3 aromatic rings. The predicted molar refractivity (Wildman–Crippen MR) is 93.5 cm³/mol. The highest BCUT2D eigenvalue weighted by molar-refractivity contribution is 5.83. The van der Waals surface area contributed by atoms with Gasteiger partial charge in [-0.2, -0.15) is 0 Å². The highest BCUT2D eigenvalue weighted by Gasteiger charge is 2.32. The Bertz CT molecular complexity index is 819. The molecule has 1 aliphatic carbocycles. The van der Waals surface area contributed by atoms with Crippen LogP contribution in [0.4, 0.5) is 0 Å². The molecule has 0 heteroatoms. The van der Waals surface area contributed by atoms with Crippen molar-refractivity contribution in [3.05, 3.63) is 94.0 Å². The van der Waals surface area contributed by atoms with Crippen LogP contribution in [0.5, 0.6) is 0 Å². The molecule has 0 heterocycles. The van der Waals surface area contributed by atoms with Gasteiger partial charge in [0.1, 0.15) is 0 Å². The number of aryl methyl sites for hydroxylation is 3. The van der Waals surface area contributed by atoms with E-state index in [2.05, 4.69) is 81.4 Å². The highest BCUT2D eigenvalue weighted by Crippen LogP contribution is 2.50. The summed E-state index contributed by atoms with van der Waals surface area (Å²) in [6, 6.07) is 22.2. The lowest BCUT2D eigenvalue weighted by Gasteiger charge is -2.20. The molecular weight excluding hydrogens is 264 g/mol. The van der Waals surface area contributed by atoms with Gasteiger partial charge in [0.25, 0.3) is 0 Å².